The molecule has 0 amide bonds. The predicted octanol–water partition coefficient (Wildman–Crippen LogP) is 5.68. The van der Waals surface area contributed by atoms with Gasteiger partial charge in [0.05, 0.1) is 13.2 Å². The molecule has 0 saturated carbocycles. The Hall–Kier alpha value is -1.06. The van der Waals surface area contributed by atoms with Gasteiger partial charge < -0.3 is 9.47 Å². The van der Waals surface area contributed by atoms with Crippen molar-refractivity contribution in [3.63, 3.8) is 0 Å². The van der Waals surface area contributed by atoms with Gasteiger partial charge in [-0.3, -0.25) is 9.59 Å². The van der Waals surface area contributed by atoms with Crippen LogP contribution >= 0.6 is 0 Å². The number of rotatable bonds is 13. The van der Waals surface area contributed by atoms with Gasteiger partial charge in [0.2, 0.25) is 0 Å². The highest BCUT2D eigenvalue weighted by molar-refractivity contribution is 5.66. The standard InChI is InChI=1S/2C10H20O2/c1-4-6-7-10(5-2)8-12-9(3)11;1-3-4-5-6-7-8-9-12-10(2)11/h10H,4-8H2,1-3H3;3-9H2,1-2H3. The van der Waals surface area contributed by atoms with E-state index in [0.29, 0.717) is 19.1 Å². The molecule has 0 N–H and O–H groups in total. The minimum atomic E-state index is -0.163. The lowest BCUT2D eigenvalue weighted by Gasteiger charge is -2.13. The van der Waals surface area contributed by atoms with Crippen LogP contribution in [0.3, 0.4) is 0 Å². The van der Waals surface area contributed by atoms with Crippen LogP contribution in [-0.2, 0) is 19.1 Å². The first-order valence-corrected chi connectivity index (χ1v) is 9.74. The maximum atomic E-state index is 10.5. The van der Waals surface area contributed by atoms with Gasteiger partial charge in [-0.25, -0.2) is 0 Å². The molecule has 0 aliphatic carbocycles. The fourth-order valence-corrected chi connectivity index (χ4v) is 2.23. The molecule has 1 unspecified atom stereocenters. The molecule has 144 valence electrons. The highest BCUT2D eigenvalue weighted by Crippen LogP contribution is 2.12. The Morgan fingerprint density at radius 2 is 1.29 bits per heavy atom. The highest BCUT2D eigenvalue weighted by Gasteiger charge is 2.06. The van der Waals surface area contributed by atoms with Crippen LogP contribution in [0.15, 0.2) is 0 Å². The number of carbonyl (C=O) groups is 2. The van der Waals surface area contributed by atoms with Crippen molar-refractivity contribution >= 4 is 11.9 Å². The zero-order valence-corrected chi connectivity index (χ0v) is 16.7. The molecule has 1 atom stereocenters. The first-order chi connectivity index (χ1) is 11.5. The number of hydrogen-bond acceptors (Lipinski definition) is 4. The van der Waals surface area contributed by atoms with Crippen molar-refractivity contribution in [2.45, 2.75) is 98.8 Å². The van der Waals surface area contributed by atoms with Crippen LogP contribution in [0.2, 0.25) is 0 Å². The lowest BCUT2D eigenvalue weighted by atomic mass is 10.0. The highest BCUT2D eigenvalue weighted by atomic mass is 16.5. The van der Waals surface area contributed by atoms with Gasteiger partial charge in [-0.2, -0.15) is 0 Å². The molecule has 0 spiro atoms. The van der Waals surface area contributed by atoms with E-state index in [1.807, 2.05) is 0 Å². The molecule has 4 heteroatoms. The summed E-state index contributed by atoms with van der Waals surface area (Å²) in [6, 6.07) is 0. The zero-order chi connectivity index (χ0) is 18.6. The van der Waals surface area contributed by atoms with Crippen molar-refractivity contribution in [1.82, 2.24) is 0 Å². The van der Waals surface area contributed by atoms with Gasteiger partial charge >= 0.3 is 11.9 Å². The van der Waals surface area contributed by atoms with Crippen LogP contribution in [0.1, 0.15) is 98.8 Å². The fraction of sp³-hybridized carbons (Fsp3) is 0.900. The summed E-state index contributed by atoms with van der Waals surface area (Å²) in [5.41, 5.74) is 0. The molecule has 0 radical (unpaired) electrons. The first-order valence-electron chi connectivity index (χ1n) is 9.74. The number of unbranched alkanes of at least 4 members (excludes halogenated alkanes) is 6. The van der Waals surface area contributed by atoms with E-state index in [9.17, 15) is 9.59 Å². The smallest absolute Gasteiger partial charge is 0.302 e. The molecule has 4 nitrogen and oxygen atoms in total. The van der Waals surface area contributed by atoms with Gasteiger partial charge in [0.15, 0.2) is 0 Å². The topological polar surface area (TPSA) is 52.6 Å². The van der Waals surface area contributed by atoms with E-state index < -0.39 is 0 Å². The van der Waals surface area contributed by atoms with Gasteiger partial charge in [0.1, 0.15) is 0 Å². The molecule has 0 heterocycles. The number of hydrogen-bond donors (Lipinski definition) is 0. The van der Waals surface area contributed by atoms with Crippen molar-refractivity contribution in [2.24, 2.45) is 5.92 Å². The second kappa shape index (κ2) is 20.0. The summed E-state index contributed by atoms with van der Waals surface area (Å²) in [6.07, 6.45) is 12.1. The van der Waals surface area contributed by atoms with E-state index in [4.69, 9.17) is 9.47 Å². The molecule has 0 bridgehead atoms. The van der Waals surface area contributed by atoms with E-state index in [-0.39, 0.29) is 11.9 Å². The SMILES string of the molecule is CCCCC(CC)COC(C)=O.CCCCCCCCOC(C)=O. The van der Waals surface area contributed by atoms with Crippen LogP contribution in [0.4, 0.5) is 0 Å². The maximum absolute atomic E-state index is 10.5. The third-order valence-electron chi connectivity index (χ3n) is 3.87. The van der Waals surface area contributed by atoms with Crippen molar-refractivity contribution in [3.8, 4) is 0 Å². The lowest BCUT2D eigenvalue weighted by Crippen LogP contribution is -2.11. The normalized spacial score (nSPS) is 11.2. The van der Waals surface area contributed by atoms with Crippen LogP contribution < -0.4 is 0 Å². The monoisotopic (exact) mass is 344 g/mol. The summed E-state index contributed by atoms with van der Waals surface area (Å²) in [6.45, 7) is 10.7. The predicted molar refractivity (Wildman–Crippen MR) is 99.9 cm³/mol. The summed E-state index contributed by atoms with van der Waals surface area (Å²) in [5, 5.41) is 0. The quantitative estimate of drug-likeness (QED) is 0.319. The van der Waals surface area contributed by atoms with Gasteiger partial charge in [-0.1, -0.05) is 72.1 Å². The molecule has 24 heavy (non-hydrogen) atoms. The third-order valence-corrected chi connectivity index (χ3v) is 3.87. The van der Waals surface area contributed by atoms with E-state index in [1.54, 1.807) is 0 Å². The Morgan fingerprint density at radius 3 is 1.79 bits per heavy atom. The average Bonchev–Trinajstić information content (AvgIpc) is 2.54. The molecular weight excluding hydrogens is 304 g/mol. The second-order valence-corrected chi connectivity index (χ2v) is 6.33. The zero-order valence-electron chi connectivity index (χ0n) is 16.7. The number of esters is 2. The van der Waals surface area contributed by atoms with Crippen LogP contribution in [0.25, 0.3) is 0 Å². The van der Waals surface area contributed by atoms with Crippen LogP contribution in [0.5, 0.6) is 0 Å². The van der Waals surface area contributed by atoms with Crippen molar-refractivity contribution in [2.75, 3.05) is 13.2 Å². The van der Waals surface area contributed by atoms with Gasteiger partial charge in [-0.15, -0.1) is 0 Å². The summed E-state index contributed by atoms with van der Waals surface area (Å²) in [7, 11) is 0. The lowest BCUT2D eigenvalue weighted by molar-refractivity contribution is -0.142. The second-order valence-electron chi connectivity index (χ2n) is 6.33. The third kappa shape index (κ3) is 23.2. The molecule has 0 rings (SSSR count). The molecular formula is C20H40O4. The van der Waals surface area contributed by atoms with Crippen molar-refractivity contribution < 1.29 is 19.1 Å². The van der Waals surface area contributed by atoms with Crippen LogP contribution in [-0.4, -0.2) is 25.2 Å². The Balaban J connectivity index is 0. The van der Waals surface area contributed by atoms with E-state index in [0.717, 1.165) is 12.8 Å². The molecule has 0 aromatic carbocycles. The summed E-state index contributed by atoms with van der Waals surface area (Å²) in [5.74, 6) is 0.238. The molecule has 0 saturated heterocycles. The van der Waals surface area contributed by atoms with E-state index >= 15 is 0 Å². The van der Waals surface area contributed by atoms with Gasteiger partial charge in [-0.05, 0) is 18.8 Å². The van der Waals surface area contributed by atoms with E-state index in [2.05, 4.69) is 20.8 Å². The number of ether oxygens (including phenoxy) is 2. The largest absolute Gasteiger partial charge is 0.466 e. The molecule has 0 aromatic rings. The van der Waals surface area contributed by atoms with Gasteiger partial charge in [0.25, 0.3) is 0 Å². The molecule has 0 aromatic heterocycles. The average molecular weight is 345 g/mol. The first kappa shape index (κ1) is 25.2. The Bertz CT molecular complexity index is 289. The van der Waals surface area contributed by atoms with Crippen molar-refractivity contribution in [1.29, 1.82) is 0 Å². The molecule has 0 fully saturated rings. The summed E-state index contributed by atoms with van der Waals surface area (Å²) < 4.78 is 9.76. The fourth-order valence-electron chi connectivity index (χ4n) is 2.23. The summed E-state index contributed by atoms with van der Waals surface area (Å²) >= 11 is 0. The Labute approximate surface area is 149 Å². The van der Waals surface area contributed by atoms with Crippen molar-refractivity contribution in [3.05, 3.63) is 0 Å². The Kier molecular flexibility index (Phi) is 21.0. The van der Waals surface area contributed by atoms with E-state index in [1.165, 1.54) is 65.2 Å². The Morgan fingerprint density at radius 1 is 0.750 bits per heavy atom. The van der Waals surface area contributed by atoms with Crippen LogP contribution in [0, 0.1) is 5.92 Å². The maximum Gasteiger partial charge on any atom is 0.302 e. The van der Waals surface area contributed by atoms with Gasteiger partial charge in [0, 0.05) is 13.8 Å². The number of carbonyl (C=O) groups excluding carboxylic acids is 2. The summed E-state index contributed by atoms with van der Waals surface area (Å²) in [4.78, 5) is 20.9. The minimum absolute atomic E-state index is 0.162. The molecule has 0 aliphatic rings. The minimum Gasteiger partial charge on any atom is -0.466 e. The molecule has 0 aliphatic heterocycles.